The summed E-state index contributed by atoms with van der Waals surface area (Å²) in [5, 5.41) is 23.0. The van der Waals surface area contributed by atoms with E-state index in [2.05, 4.69) is 15.0 Å². The van der Waals surface area contributed by atoms with Crippen LogP contribution < -0.4 is 5.32 Å². The second kappa shape index (κ2) is 9.98. The zero-order valence-corrected chi connectivity index (χ0v) is 18.3. The van der Waals surface area contributed by atoms with Crippen LogP contribution >= 0.6 is 0 Å². The van der Waals surface area contributed by atoms with Crippen molar-refractivity contribution in [3.05, 3.63) is 89.0 Å². The van der Waals surface area contributed by atoms with E-state index in [0.717, 1.165) is 41.6 Å². The van der Waals surface area contributed by atoms with E-state index in [0.29, 0.717) is 0 Å². The van der Waals surface area contributed by atoms with Crippen LogP contribution in [0.5, 0.6) is 0 Å². The lowest BCUT2D eigenvalue weighted by molar-refractivity contribution is 0.0182. The van der Waals surface area contributed by atoms with Crippen LogP contribution in [0.25, 0.3) is 11.1 Å². The smallest absolute Gasteiger partial charge is 0.407 e. The number of nitrogens with zero attached hydrogens (tertiary/aromatic N) is 1. The molecule has 0 spiro atoms. The van der Waals surface area contributed by atoms with Crippen LogP contribution in [0.3, 0.4) is 0 Å². The Bertz CT molecular complexity index is 1170. The molecule has 1 amide bonds. The van der Waals surface area contributed by atoms with Crippen LogP contribution in [-0.2, 0) is 9.47 Å². The van der Waals surface area contributed by atoms with E-state index in [-0.39, 0.29) is 24.6 Å². The Kier molecular flexibility index (Phi) is 6.85. The van der Waals surface area contributed by atoms with Crippen molar-refractivity contribution in [2.75, 3.05) is 20.3 Å². The quantitative estimate of drug-likeness (QED) is 0.362. The zero-order chi connectivity index (χ0) is 24.2. The van der Waals surface area contributed by atoms with Gasteiger partial charge in [0.25, 0.3) is 0 Å². The van der Waals surface area contributed by atoms with E-state index in [4.69, 9.17) is 4.74 Å². The number of nitrogens with one attached hydrogen (secondary N) is 1. The van der Waals surface area contributed by atoms with Crippen LogP contribution in [-0.4, -0.2) is 53.6 Å². The molecule has 0 aliphatic heterocycles. The fraction of sp³-hybridized carbons (Fsp3) is 0.240. The highest BCUT2D eigenvalue weighted by Crippen LogP contribution is 2.44. The zero-order valence-electron chi connectivity index (χ0n) is 18.3. The molecule has 4 rings (SSSR count). The molecule has 0 radical (unpaired) electrons. The summed E-state index contributed by atoms with van der Waals surface area (Å²) in [4.78, 5) is 27.3. The van der Waals surface area contributed by atoms with Gasteiger partial charge in [0.2, 0.25) is 5.95 Å². The highest BCUT2D eigenvalue weighted by atomic mass is 19.1. The minimum absolute atomic E-state index is 0.0105. The summed E-state index contributed by atoms with van der Waals surface area (Å²) in [6.45, 7) is -0.244. The number of fused-ring (bicyclic) bond motifs is 3. The standard InChI is InChI=1S/C25H23FN2O6/c1-33-24(31)19-10-14(11-27-23(19)26)22(30)21(29)12-28-25(32)34-13-20-17-8-4-2-6-15(17)16-7-3-5-9-18(16)20/h2-11,20-22,29-30H,12-13H2,1H3,(H,28,32). The molecule has 176 valence electrons. The van der Waals surface area contributed by atoms with Crippen molar-refractivity contribution in [1.82, 2.24) is 10.3 Å². The minimum Gasteiger partial charge on any atom is -0.465 e. The monoisotopic (exact) mass is 466 g/mol. The maximum absolute atomic E-state index is 13.7. The Morgan fingerprint density at radius 1 is 1.09 bits per heavy atom. The first-order chi connectivity index (χ1) is 16.4. The van der Waals surface area contributed by atoms with Crippen LogP contribution in [0.15, 0.2) is 60.8 Å². The number of alkyl carbamates (subject to hydrolysis) is 1. The van der Waals surface area contributed by atoms with E-state index in [9.17, 15) is 24.2 Å². The molecule has 9 heteroatoms. The van der Waals surface area contributed by atoms with Crippen LogP contribution in [0.2, 0.25) is 0 Å². The van der Waals surface area contributed by atoms with Gasteiger partial charge in [0.05, 0.1) is 7.11 Å². The van der Waals surface area contributed by atoms with Crippen molar-refractivity contribution in [2.24, 2.45) is 0 Å². The van der Waals surface area contributed by atoms with Gasteiger partial charge in [-0.15, -0.1) is 0 Å². The van der Waals surface area contributed by atoms with Gasteiger partial charge < -0.3 is 25.0 Å². The SMILES string of the molecule is COC(=O)c1cc(C(O)C(O)CNC(=O)OCC2c3ccccc3-c3ccccc32)cnc1F. The lowest BCUT2D eigenvalue weighted by Gasteiger charge is -2.19. The summed E-state index contributed by atoms with van der Waals surface area (Å²) in [5.41, 5.74) is 3.85. The molecular weight excluding hydrogens is 443 g/mol. The minimum atomic E-state index is -1.54. The predicted molar refractivity (Wildman–Crippen MR) is 120 cm³/mol. The second-order valence-corrected chi connectivity index (χ2v) is 7.82. The lowest BCUT2D eigenvalue weighted by atomic mass is 9.98. The number of ether oxygens (including phenoxy) is 2. The van der Waals surface area contributed by atoms with E-state index in [1.54, 1.807) is 0 Å². The van der Waals surface area contributed by atoms with Gasteiger partial charge in [-0.2, -0.15) is 4.39 Å². The number of aliphatic hydroxyl groups is 2. The van der Waals surface area contributed by atoms with Crippen LogP contribution in [0.1, 0.15) is 39.1 Å². The number of hydrogen-bond donors (Lipinski definition) is 3. The molecule has 0 saturated carbocycles. The topological polar surface area (TPSA) is 118 Å². The third kappa shape index (κ3) is 4.61. The number of aromatic nitrogens is 1. The maximum atomic E-state index is 13.7. The van der Waals surface area contributed by atoms with Gasteiger partial charge in [-0.1, -0.05) is 48.5 Å². The summed E-state index contributed by atoms with van der Waals surface area (Å²) in [5.74, 6) is -2.14. The molecule has 3 aromatic rings. The first kappa shape index (κ1) is 23.3. The molecule has 2 aromatic carbocycles. The molecule has 2 atom stereocenters. The average Bonchev–Trinajstić information content (AvgIpc) is 3.19. The molecule has 0 saturated heterocycles. The van der Waals surface area contributed by atoms with Gasteiger partial charge in [0, 0.05) is 24.2 Å². The molecule has 3 N–H and O–H groups in total. The summed E-state index contributed by atoms with van der Waals surface area (Å²) in [7, 11) is 1.08. The van der Waals surface area contributed by atoms with Crippen LogP contribution in [0, 0.1) is 5.95 Å². The largest absolute Gasteiger partial charge is 0.465 e. The normalized spacial score (nSPS) is 14.0. The van der Waals surface area contributed by atoms with E-state index in [1.807, 2.05) is 48.5 Å². The fourth-order valence-electron chi connectivity index (χ4n) is 4.05. The molecule has 34 heavy (non-hydrogen) atoms. The van der Waals surface area contributed by atoms with Crippen LogP contribution in [0.4, 0.5) is 9.18 Å². The molecule has 1 aliphatic rings. The third-order valence-corrected chi connectivity index (χ3v) is 5.77. The van der Waals surface area contributed by atoms with Gasteiger partial charge in [0.1, 0.15) is 24.4 Å². The number of rotatable bonds is 7. The Morgan fingerprint density at radius 3 is 2.32 bits per heavy atom. The highest BCUT2D eigenvalue weighted by Gasteiger charge is 2.29. The number of methoxy groups -OCH3 is 1. The van der Waals surface area contributed by atoms with Gasteiger partial charge >= 0.3 is 12.1 Å². The number of pyridine rings is 1. The van der Waals surface area contributed by atoms with E-state index < -0.39 is 35.8 Å². The third-order valence-electron chi connectivity index (χ3n) is 5.77. The number of carbonyl (C=O) groups excluding carboxylic acids is 2. The Hall–Kier alpha value is -3.82. The molecule has 1 aliphatic carbocycles. The molecule has 1 heterocycles. The molecule has 2 unspecified atom stereocenters. The summed E-state index contributed by atoms with van der Waals surface area (Å²) >= 11 is 0. The lowest BCUT2D eigenvalue weighted by Crippen LogP contribution is -2.36. The molecule has 0 fully saturated rings. The maximum Gasteiger partial charge on any atom is 0.407 e. The Labute approximate surface area is 195 Å². The van der Waals surface area contributed by atoms with E-state index >= 15 is 0 Å². The van der Waals surface area contributed by atoms with Gasteiger partial charge in [0.15, 0.2) is 0 Å². The number of esters is 1. The van der Waals surface area contributed by atoms with Crippen molar-refractivity contribution < 1.29 is 33.7 Å². The predicted octanol–water partition coefficient (Wildman–Crippen LogP) is 2.94. The van der Waals surface area contributed by atoms with Crippen molar-refractivity contribution in [2.45, 2.75) is 18.1 Å². The summed E-state index contributed by atoms with van der Waals surface area (Å²) < 4.78 is 23.6. The number of amides is 1. The second-order valence-electron chi connectivity index (χ2n) is 7.82. The Morgan fingerprint density at radius 2 is 1.71 bits per heavy atom. The first-order valence-corrected chi connectivity index (χ1v) is 10.6. The number of aliphatic hydroxyl groups excluding tert-OH is 2. The number of benzene rings is 2. The number of hydrogen-bond acceptors (Lipinski definition) is 7. The van der Waals surface area contributed by atoms with Crippen molar-refractivity contribution in [3.63, 3.8) is 0 Å². The fourth-order valence-corrected chi connectivity index (χ4v) is 4.05. The highest BCUT2D eigenvalue weighted by molar-refractivity contribution is 5.89. The summed E-state index contributed by atoms with van der Waals surface area (Å²) in [6.07, 6.45) is -2.77. The van der Waals surface area contributed by atoms with E-state index in [1.165, 1.54) is 0 Å². The Balaban J connectivity index is 1.35. The molecule has 1 aromatic heterocycles. The van der Waals surface area contributed by atoms with Crippen molar-refractivity contribution >= 4 is 12.1 Å². The molecule has 0 bridgehead atoms. The molecule has 8 nitrogen and oxygen atoms in total. The van der Waals surface area contributed by atoms with Crippen molar-refractivity contribution in [1.29, 1.82) is 0 Å². The van der Waals surface area contributed by atoms with Gasteiger partial charge in [-0.05, 0) is 28.3 Å². The van der Waals surface area contributed by atoms with Gasteiger partial charge in [-0.3, -0.25) is 0 Å². The first-order valence-electron chi connectivity index (χ1n) is 10.6. The number of halogens is 1. The molecular formula is C25H23FN2O6. The number of carbonyl (C=O) groups is 2. The van der Waals surface area contributed by atoms with Gasteiger partial charge in [-0.25, -0.2) is 14.6 Å². The average molecular weight is 466 g/mol. The summed E-state index contributed by atoms with van der Waals surface area (Å²) in [6, 6.07) is 16.9. The van der Waals surface area contributed by atoms with Crippen molar-refractivity contribution in [3.8, 4) is 11.1 Å².